The highest BCUT2D eigenvalue weighted by Gasteiger charge is 2.11. The van der Waals surface area contributed by atoms with Crippen molar-refractivity contribution in [1.82, 2.24) is 0 Å². The van der Waals surface area contributed by atoms with Gasteiger partial charge in [-0.2, -0.15) is 0 Å². The van der Waals surface area contributed by atoms with Gasteiger partial charge in [-0.3, -0.25) is 0 Å². The topological polar surface area (TPSA) is 21.3 Å². The van der Waals surface area contributed by atoms with E-state index in [1.807, 2.05) is 0 Å². The molecule has 0 aliphatic rings. The maximum atomic E-state index is 5.30. The van der Waals surface area contributed by atoms with Gasteiger partial charge in [0.2, 0.25) is 0 Å². The fraction of sp³-hybridized carbons (Fsp3) is 0.538. The zero-order chi connectivity index (χ0) is 11.3. The molecule has 0 aliphatic heterocycles. The van der Waals surface area contributed by atoms with E-state index in [2.05, 4.69) is 50.4 Å². The van der Waals surface area contributed by atoms with E-state index < -0.39 is 0 Å². The van der Waals surface area contributed by atoms with Crippen LogP contribution in [0.1, 0.15) is 26.3 Å². The summed E-state index contributed by atoms with van der Waals surface area (Å²) in [6.45, 7) is 6.39. The molecule has 2 nitrogen and oxygen atoms in total. The zero-order valence-electron chi connectivity index (χ0n) is 10.1. The molecule has 0 radical (unpaired) electrons. The number of para-hydroxylation sites is 1. The summed E-state index contributed by atoms with van der Waals surface area (Å²) in [5, 5.41) is 3.49. The molecule has 0 heterocycles. The molecule has 0 spiro atoms. The normalized spacial score (nSPS) is 14.7. The van der Waals surface area contributed by atoms with Crippen LogP contribution >= 0.6 is 0 Å². The van der Waals surface area contributed by atoms with E-state index in [1.165, 1.54) is 11.3 Å². The molecule has 1 aromatic carbocycles. The standard InChI is InChI=1S/C13H21NO/c1-5-12-8-6-7-9-13(12)14-10(2)11(3)15-4/h6-11,14H,5H2,1-4H3. The fourth-order valence-electron chi connectivity index (χ4n) is 1.54. The minimum Gasteiger partial charge on any atom is -0.380 e. The van der Waals surface area contributed by atoms with Crippen molar-refractivity contribution in [3.63, 3.8) is 0 Å². The van der Waals surface area contributed by atoms with E-state index >= 15 is 0 Å². The van der Waals surface area contributed by atoms with Crippen LogP contribution in [0.5, 0.6) is 0 Å². The summed E-state index contributed by atoms with van der Waals surface area (Å²) < 4.78 is 5.30. The lowest BCUT2D eigenvalue weighted by Gasteiger charge is -2.22. The molecular formula is C13H21NO. The van der Waals surface area contributed by atoms with Crippen molar-refractivity contribution in [3.8, 4) is 0 Å². The molecule has 84 valence electrons. The van der Waals surface area contributed by atoms with Crippen LogP contribution in [0.2, 0.25) is 0 Å². The number of rotatable bonds is 5. The van der Waals surface area contributed by atoms with Gasteiger partial charge in [-0.05, 0) is 31.9 Å². The Morgan fingerprint density at radius 2 is 1.93 bits per heavy atom. The SMILES string of the molecule is CCc1ccccc1NC(C)C(C)OC. The predicted molar refractivity (Wildman–Crippen MR) is 65.4 cm³/mol. The van der Waals surface area contributed by atoms with Crippen molar-refractivity contribution in [2.45, 2.75) is 39.3 Å². The maximum absolute atomic E-state index is 5.30. The molecule has 0 saturated carbocycles. The Hall–Kier alpha value is -1.02. The second-order valence-corrected chi connectivity index (χ2v) is 3.88. The number of anilines is 1. The molecule has 1 rings (SSSR count). The smallest absolute Gasteiger partial charge is 0.0741 e. The summed E-state index contributed by atoms with van der Waals surface area (Å²) >= 11 is 0. The van der Waals surface area contributed by atoms with Crippen molar-refractivity contribution in [3.05, 3.63) is 29.8 Å². The Balaban J connectivity index is 2.71. The maximum Gasteiger partial charge on any atom is 0.0741 e. The third-order valence-corrected chi connectivity index (χ3v) is 2.86. The first-order valence-corrected chi connectivity index (χ1v) is 5.56. The third-order valence-electron chi connectivity index (χ3n) is 2.86. The molecule has 0 fully saturated rings. The van der Waals surface area contributed by atoms with Crippen LogP contribution in [0.15, 0.2) is 24.3 Å². The minimum absolute atomic E-state index is 0.218. The number of ether oxygens (including phenoxy) is 1. The quantitative estimate of drug-likeness (QED) is 0.801. The first-order valence-electron chi connectivity index (χ1n) is 5.56. The zero-order valence-corrected chi connectivity index (χ0v) is 10.1. The Kier molecular flexibility index (Phi) is 4.63. The average Bonchev–Trinajstić information content (AvgIpc) is 2.28. The van der Waals surface area contributed by atoms with Gasteiger partial charge < -0.3 is 10.1 Å². The lowest BCUT2D eigenvalue weighted by atomic mass is 10.1. The van der Waals surface area contributed by atoms with E-state index in [0.717, 1.165) is 6.42 Å². The number of nitrogens with one attached hydrogen (secondary N) is 1. The molecule has 2 unspecified atom stereocenters. The summed E-state index contributed by atoms with van der Waals surface area (Å²) in [6.07, 6.45) is 1.27. The number of hydrogen-bond acceptors (Lipinski definition) is 2. The summed E-state index contributed by atoms with van der Waals surface area (Å²) in [6, 6.07) is 8.74. The number of methoxy groups -OCH3 is 1. The van der Waals surface area contributed by atoms with Crippen LogP contribution in [-0.2, 0) is 11.2 Å². The molecule has 0 bridgehead atoms. The van der Waals surface area contributed by atoms with E-state index in [0.29, 0.717) is 6.04 Å². The van der Waals surface area contributed by atoms with Crippen LogP contribution < -0.4 is 5.32 Å². The summed E-state index contributed by atoms with van der Waals surface area (Å²) in [5.74, 6) is 0. The molecule has 0 aromatic heterocycles. The lowest BCUT2D eigenvalue weighted by molar-refractivity contribution is 0.106. The molecule has 0 aliphatic carbocycles. The highest BCUT2D eigenvalue weighted by molar-refractivity contribution is 5.51. The number of hydrogen-bond donors (Lipinski definition) is 1. The van der Waals surface area contributed by atoms with Crippen LogP contribution in [0.25, 0.3) is 0 Å². The van der Waals surface area contributed by atoms with Gasteiger partial charge in [-0.1, -0.05) is 25.1 Å². The molecule has 0 saturated heterocycles. The Morgan fingerprint density at radius 1 is 1.27 bits per heavy atom. The number of aryl methyl sites for hydroxylation is 1. The second kappa shape index (κ2) is 5.76. The van der Waals surface area contributed by atoms with Gasteiger partial charge in [-0.15, -0.1) is 0 Å². The van der Waals surface area contributed by atoms with Gasteiger partial charge in [0, 0.05) is 18.8 Å². The molecule has 2 atom stereocenters. The van der Waals surface area contributed by atoms with E-state index in [9.17, 15) is 0 Å². The molecule has 1 N–H and O–H groups in total. The van der Waals surface area contributed by atoms with Gasteiger partial charge in [0.25, 0.3) is 0 Å². The molecule has 0 amide bonds. The minimum atomic E-state index is 0.218. The lowest BCUT2D eigenvalue weighted by Crippen LogP contribution is -2.30. The van der Waals surface area contributed by atoms with Crippen molar-refractivity contribution >= 4 is 5.69 Å². The highest BCUT2D eigenvalue weighted by atomic mass is 16.5. The summed E-state index contributed by atoms with van der Waals surface area (Å²) in [7, 11) is 1.74. The van der Waals surface area contributed by atoms with Crippen LogP contribution in [0.4, 0.5) is 5.69 Å². The molecular weight excluding hydrogens is 186 g/mol. The number of benzene rings is 1. The van der Waals surface area contributed by atoms with Gasteiger partial charge in [0.1, 0.15) is 0 Å². The monoisotopic (exact) mass is 207 g/mol. The second-order valence-electron chi connectivity index (χ2n) is 3.88. The first kappa shape index (κ1) is 12.1. The largest absolute Gasteiger partial charge is 0.380 e. The highest BCUT2D eigenvalue weighted by Crippen LogP contribution is 2.17. The van der Waals surface area contributed by atoms with Crippen molar-refractivity contribution in [1.29, 1.82) is 0 Å². The van der Waals surface area contributed by atoms with E-state index in [4.69, 9.17) is 4.74 Å². The van der Waals surface area contributed by atoms with Crippen molar-refractivity contribution in [2.75, 3.05) is 12.4 Å². The van der Waals surface area contributed by atoms with Gasteiger partial charge in [0.15, 0.2) is 0 Å². The van der Waals surface area contributed by atoms with Gasteiger partial charge in [0.05, 0.1) is 6.10 Å². The van der Waals surface area contributed by atoms with E-state index in [1.54, 1.807) is 7.11 Å². The van der Waals surface area contributed by atoms with Crippen molar-refractivity contribution in [2.24, 2.45) is 0 Å². The Labute approximate surface area is 92.6 Å². The molecule has 15 heavy (non-hydrogen) atoms. The average molecular weight is 207 g/mol. The summed E-state index contributed by atoms with van der Waals surface area (Å²) in [5.41, 5.74) is 2.57. The van der Waals surface area contributed by atoms with Crippen LogP contribution in [0.3, 0.4) is 0 Å². The first-order chi connectivity index (χ1) is 7.19. The van der Waals surface area contributed by atoms with E-state index in [-0.39, 0.29) is 6.10 Å². The van der Waals surface area contributed by atoms with Crippen LogP contribution in [0, 0.1) is 0 Å². The van der Waals surface area contributed by atoms with Crippen molar-refractivity contribution < 1.29 is 4.74 Å². The third kappa shape index (κ3) is 3.24. The molecule has 1 aromatic rings. The van der Waals surface area contributed by atoms with Gasteiger partial charge >= 0.3 is 0 Å². The van der Waals surface area contributed by atoms with Crippen LogP contribution in [-0.4, -0.2) is 19.3 Å². The summed E-state index contributed by atoms with van der Waals surface area (Å²) in [4.78, 5) is 0. The Morgan fingerprint density at radius 3 is 2.53 bits per heavy atom. The predicted octanol–water partition coefficient (Wildman–Crippen LogP) is 3.08. The van der Waals surface area contributed by atoms with Gasteiger partial charge in [-0.25, -0.2) is 0 Å². The fourth-order valence-corrected chi connectivity index (χ4v) is 1.54. The Bertz CT molecular complexity index is 298. The molecule has 2 heteroatoms.